The highest BCUT2D eigenvalue weighted by Gasteiger charge is 2.10. The van der Waals surface area contributed by atoms with Gasteiger partial charge in [0.1, 0.15) is 11.6 Å². The quantitative estimate of drug-likeness (QED) is 0.788. The Bertz CT molecular complexity index is 353. The van der Waals surface area contributed by atoms with Crippen LogP contribution in [0.4, 0.5) is 5.82 Å². The maximum Gasteiger partial charge on any atom is 0.137 e. The minimum absolute atomic E-state index is 0.170. The first-order chi connectivity index (χ1) is 7.54. The van der Waals surface area contributed by atoms with Crippen molar-refractivity contribution in [3.63, 3.8) is 0 Å². The van der Waals surface area contributed by atoms with Crippen molar-refractivity contribution in [1.82, 2.24) is 4.98 Å². The predicted molar refractivity (Wildman–Crippen MR) is 70.0 cm³/mol. The number of anilines is 1. The molecule has 5 heteroatoms. The number of rotatable bonds is 5. The van der Waals surface area contributed by atoms with E-state index in [4.69, 9.17) is 22.7 Å². The summed E-state index contributed by atoms with van der Waals surface area (Å²) in [6.45, 7) is 2.76. The van der Waals surface area contributed by atoms with Crippen LogP contribution in [0.5, 0.6) is 5.75 Å². The summed E-state index contributed by atoms with van der Waals surface area (Å²) < 4.78 is 5.05. The molecule has 0 saturated carbocycles. The van der Waals surface area contributed by atoms with Crippen LogP contribution in [-0.4, -0.2) is 30.7 Å². The van der Waals surface area contributed by atoms with Gasteiger partial charge in [-0.05, 0) is 12.1 Å². The van der Waals surface area contributed by atoms with E-state index in [9.17, 15) is 0 Å². The maximum absolute atomic E-state index is 5.57. The summed E-state index contributed by atoms with van der Waals surface area (Å²) in [6.07, 6.45) is 1.69. The van der Waals surface area contributed by atoms with Crippen molar-refractivity contribution in [2.45, 2.75) is 6.92 Å². The van der Waals surface area contributed by atoms with Crippen LogP contribution in [0.15, 0.2) is 18.3 Å². The minimum Gasteiger partial charge on any atom is -0.495 e. The fourth-order valence-electron chi connectivity index (χ4n) is 1.31. The van der Waals surface area contributed by atoms with Crippen molar-refractivity contribution in [2.24, 2.45) is 11.7 Å². The molecule has 0 amide bonds. The number of thiocarbonyl (C=S) groups is 1. The fraction of sp³-hybridized carbons (Fsp3) is 0.455. The molecule has 1 aromatic rings. The Morgan fingerprint density at radius 3 is 2.75 bits per heavy atom. The van der Waals surface area contributed by atoms with E-state index in [0.717, 1.165) is 18.1 Å². The molecule has 0 aliphatic heterocycles. The van der Waals surface area contributed by atoms with E-state index in [-0.39, 0.29) is 5.92 Å². The van der Waals surface area contributed by atoms with E-state index < -0.39 is 0 Å². The van der Waals surface area contributed by atoms with Gasteiger partial charge in [0, 0.05) is 19.5 Å². The molecule has 1 atom stereocenters. The number of methoxy groups -OCH3 is 1. The van der Waals surface area contributed by atoms with Gasteiger partial charge < -0.3 is 15.4 Å². The van der Waals surface area contributed by atoms with Crippen molar-refractivity contribution >= 4 is 23.0 Å². The summed E-state index contributed by atoms with van der Waals surface area (Å²) in [5.41, 5.74) is 5.57. The zero-order chi connectivity index (χ0) is 12.1. The summed E-state index contributed by atoms with van der Waals surface area (Å²) in [6, 6.07) is 3.79. The zero-order valence-electron chi connectivity index (χ0n) is 9.80. The average molecular weight is 239 g/mol. The molecule has 1 rings (SSSR count). The van der Waals surface area contributed by atoms with Crippen LogP contribution in [0, 0.1) is 5.92 Å². The molecule has 88 valence electrons. The molecule has 0 aliphatic carbocycles. The van der Waals surface area contributed by atoms with Gasteiger partial charge in [0.25, 0.3) is 0 Å². The second kappa shape index (κ2) is 5.65. The number of nitrogens with zero attached hydrogens (tertiary/aromatic N) is 2. The summed E-state index contributed by atoms with van der Waals surface area (Å²) in [7, 11) is 3.58. The van der Waals surface area contributed by atoms with E-state index in [1.807, 2.05) is 31.0 Å². The zero-order valence-corrected chi connectivity index (χ0v) is 10.6. The summed E-state index contributed by atoms with van der Waals surface area (Å²) in [5.74, 6) is 1.80. The van der Waals surface area contributed by atoms with Crippen molar-refractivity contribution in [1.29, 1.82) is 0 Å². The Balaban J connectivity index is 2.65. The number of ether oxygens (including phenoxy) is 1. The molecule has 1 unspecified atom stereocenters. The molecule has 16 heavy (non-hydrogen) atoms. The second-order valence-corrected chi connectivity index (χ2v) is 4.21. The van der Waals surface area contributed by atoms with Gasteiger partial charge in [-0.15, -0.1) is 0 Å². The molecule has 0 fully saturated rings. The third-order valence-electron chi connectivity index (χ3n) is 2.38. The summed E-state index contributed by atoms with van der Waals surface area (Å²) in [5, 5.41) is 0. The van der Waals surface area contributed by atoms with E-state index in [1.165, 1.54) is 0 Å². The summed E-state index contributed by atoms with van der Waals surface area (Å²) in [4.78, 5) is 6.82. The molecule has 0 aliphatic rings. The normalized spacial score (nSPS) is 11.9. The first kappa shape index (κ1) is 12.7. The van der Waals surface area contributed by atoms with Crippen LogP contribution in [0.25, 0.3) is 0 Å². The highest BCUT2D eigenvalue weighted by Crippen LogP contribution is 2.15. The third kappa shape index (κ3) is 3.34. The first-order valence-electron chi connectivity index (χ1n) is 5.05. The molecule has 0 aromatic carbocycles. The van der Waals surface area contributed by atoms with Crippen LogP contribution in [0.1, 0.15) is 6.92 Å². The fourth-order valence-corrected chi connectivity index (χ4v) is 1.39. The molecule has 0 saturated heterocycles. The van der Waals surface area contributed by atoms with E-state index in [2.05, 4.69) is 4.98 Å². The van der Waals surface area contributed by atoms with Gasteiger partial charge in [0.05, 0.1) is 18.3 Å². The van der Waals surface area contributed by atoms with Crippen molar-refractivity contribution in [3.8, 4) is 5.75 Å². The number of hydrogen-bond acceptors (Lipinski definition) is 4. The maximum atomic E-state index is 5.57. The Labute approximate surface area is 101 Å². The number of hydrogen-bond donors (Lipinski definition) is 1. The van der Waals surface area contributed by atoms with Crippen LogP contribution < -0.4 is 15.4 Å². The Kier molecular flexibility index (Phi) is 4.49. The smallest absolute Gasteiger partial charge is 0.137 e. The highest BCUT2D eigenvalue weighted by molar-refractivity contribution is 7.80. The minimum atomic E-state index is 0.170. The monoisotopic (exact) mass is 239 g/mol. The van der Waals surface area contributed by atoms with Gasteiger partial charge in [0.15, 0.2) is 0 Å². The Morgan fingerprint density at radius 1 is 1.62 bits per heavy atom. The topological polar surface area (TPSA) is 51.4 Å². The van der Waals surface area contributed by atoms with Crippen molar-refractivity contribution < 1.29 is 4.74 Å². The highest BCUT2D eigenvalue weighted by atomic mass is 32.1. The van der Waals surface area contributed by atoms with E-state index >= 15 is 0 Å². The molecule has 4 nitrogen and oxygen atoms in total. The lowest BCUT2D eigenvalue weighted by atomic mass is 10.2. The number of pyridine rings is 1. The van der Waals surface area contributed by atoms with E-state index in [1.54, 1.807) is 13.3 Å². The third-order valence-corrected chi connectivity index (χ3v) is 2.78. The molecule has 1 aromatic heterocycles. The van der Waals surface area contributed by atoms with Crippen LogP contribution in [0.3, 0.4) is 0 Å². The molecule has 0 radical (unpaired) electrons. The Morgan fingerprint density at radius 2 is 2.31 bits per heavy atom. The lowest BCUT2D eigenvalue weighted by Crippen LogP contribution is -2.31. The number of aromatic nitrogens is 1. The summed E-state index contributed by atoms with van der Waals surface area (Å²) >= 11 is 4.94. The SMILES string of the molecule is COc1ccc(N(C)CC(C)C(N)=S)nc1. The molecule has 1 heterocycles. The number of nitrogens with two attached hydrogens (primary N) is 1. The Hall–Kier alpha value is -1.36. The molecular weight excluding hydrogens is 222 g/mol. The second-order valence-electron chi connectivity index (χ2n) is 3.74. The van der Waals surface area contributed by atoms with Gasteiger partial charge in [-0.1, -0.05) is 19.1 Å². The average Bonchev–Trinajstić information content (AvgIpc) is 2.28. The first-order valence-corrected chi connectivity index (χ1v) is 5.46. The van der Waals surface area contributed by atoms with E-state index in [0.29, 0.717) is 4.99 Å². The van der Waals surface area contributed by atoms with Gasteiger partial charge in [0.2, 0.25) is 0 Å². The van der Waals surface area contributed by atoms with Crippen LogP contribution >= 0.6 is 12.2 Å². The van der Waals surface area contributed by atoms with Crippen LogP contribution in [-0.2, 0) is 0 Å². The standard InChI is InChI=1S/C11H17N3OS/c1-8(11(12)16)7-14(2)10-5-4-9(15-3)6-13-10/h4-6,8H,7H2,1-3H3,(H2,12,16). The van der Waals surface area contributed by atoms with Gasteiger partial charge in [-0.2, -0.15) is 0 Å². The van der Waals surface area contributed by atoms with Crippen LogP contribution in [0.2, 0.25) is 0 Å². The lowest BCUT2D eigenvalue weighted by molar-refractivity contribution is 0.413. The lowest BCUT2D eigenvalue weighted by Gasteiger charge is -2.21. The molecule has 0 bridgehead atoms. The largest absolute Gasteiger partial charge is 0.495 e. The van der Waals surface area contributed by atoms with Crippen molar-refractivity contribution in [3.05, 3.63) is 18.3 Å². The van der Waals surface area contributed by atoms with Gasteiger partial charge >= 0.3 is 0 Å². The molecule has 2 N–H and O–H groups in total. The molecule has 0 spiro atoms. The van der Waals surface area contributed by atoms with Gasteiger partial charge in [-0.25, -0.2) is 4.98 Å². The molecular formula is C11H17N3OS. The predicted octanol–water partition coefficient (Wildman–Crippen LogP) is 1.45. The van der Waals surface area contributed by atoms with Crippen molar-refractivity contribution in [2.75, 3.05) is 25.6 Å². The van der Waals surface area contributed by atoms with Gasteiger partial charge in [-0.3, -0.25) is 0 Å².